The van der Waals surface area contributed by atoms with Gasteiger partial charge in [0.2, 0.25) is 5.91 Å². The molecule has 48 heavy (non-hydrogen) atoms. The second-order valence-corrected chi connectivity index (χ2v) is 13.6. The zero-order chi connectivity index (χ0) is 34.4. The molecule has 0 aliphatic carbocycles. The van der Waals surface area contributed by atoms with Gasteiger partial charge in [-0.2, -0.15) is 0 Å². The molecule has 2 aliphatic heterocycles. The van der Waals surface area contributed by atoms with E-state index in [-0.39, 0.29) is 37.2 Å². The lowest BCUT2D eigenvalue weighted by atomic mass is 9.91. The summed E-state index contributed by atoms with van der Waals surface area (Å²) in [6, 6.07) is 14.4. The molecule has 0 spiro atoms. The molecule has 12 nitrogen and oxygen atoms in total. The highest BCUT2D eigenvalue weighted by Gasteiger charge is 2.42. The van der Waals surface area contributed by atoms with E-state index in [0.29, 0.717) is 56.4 Å². The smallest absolute Gasteiger partial charge is 0.410 e. The highest BCUT2D eigenvalue weighted by Crippen LogP contribution is 2.28. The Morgan fingerprint density at radius 1 is 1.00 bits per heavy atom. The summed E-state index contributed by atoms with van der Waals surface area (Å²) in [6.07, 6.45) is -0.172. The number of hydrogen-bond donors (Lipinski definition) is 0. The first-order valence-corrected chi connectivity index (χ1v) is 16.4. The topological polar surface area (TPSA) is 119 Å². The molecule has 258 valence electrons. The van der Waals surface area contributed by atoms with Crippen LogP contribution in [0.5, 0.6) is 5.75 Å². The Labute approximate surface area is 280 Å². The van der Waals surface area contributed by atoms with Crippen molar-refractivity contribution < 1.29 is 33.0 Å². The van der Waals surface area contributed by atoms with E-state index >= 15 is 0 Å². The first kappa shape index (κ1) is 34.8. The van der Waals surface area contributed by atoms with Gasteiger partial charge in [0.25, 0.3) is 5.91 Å². The Hall–Kier alpha value is -4.52. The molecule has 2 aromatic carbocycles. The van der Waals surface area contributed by atoms with Crippen LogP contribution in [0, 0.1) is 17.7 Å². The number of hydrogen-bond acceptors (Lipinski definition) is 8. The predicted molar refractivity (Wildman–Crippen MR) is 175 cm³/mol. The summed E-state index contributed by atoms with van der Waals surface area (Å²) in [6.45, 7) is 11.9. The number of morpholine rings is 1. The third kappa shape index (κ3) is 8.68. The Morgan fingerprint density at radius 3 is 2.33 bits per heavy atom. The zero-order valence-electron chi connectivity index (χ0n) is 28.3. The molecule has 0 saturated carbocycles. The number of para-hydroxylation sites is 1. The monoisotopic (exact) mass is 664 g/mol. The molecule has 0 unspecified atom stereocenters. The van der Waals surface area contributed by atoms with E-state index in [1.807, 2.05) is 44.2 Å². The molecule has 13 heteroatoms. The molecule has 2 atom stereocenters. The summed E-state index contributed by atoms with van der Waals surface area (Å²) in [7, 11) is 0. The minimum atomic E-state index is -0.740. The first-order valence-electron chi connectivity index (χ1n) is 16.4. The van der Waals surface area contributed by atoms with Crippen LogP contribution in [-0.4, -0.2) is 105 Å². The molecule has 2 saturated heterocycles. The van der Waals surface area contributed by atoms with E-state index in [1.54, 1.807) is 40.2 Å². The minimum absolute atomic E-state index is 0.0577. The second-order valence-electron chi connectivity index (χ2n) is 13.6. The number of rotatable bonds is 9. The van der Waals surface area contributed by atoms with Gasteiger partial charge in [-0.1, -0.05) is 37.3 Å². The van der Waals surface area contributed by atoms with Gasteiger partial charge in [-0.3, -0.25) is 9.59 Å². The van der Waals surface area contributed by atoms with Gasteiger partial charge in [-0.05, 0) is 69.5 Å². The Bertz CT molecular complexity index is 1550. The van der Waals surface area contributed by atoms with E-state index in [2.05, 4.69) is 10.3 Å². The van der Waals surface area contributed by atoms with Crippen molar-refractivity contribution in [2.24, 2.45) is 11.8 Å². The van der Waals surface area contributed by atoms with Crippen LogP contribution >= 0.6 is 0 Å². The number of aromatic nitrogens is 3. The van der Waals surface area contributed by atoms with Crippen molar-refractivity contribution in [3.05, 3.63) is 71.8 Å². The molecule has 3 heterocycles. The fraction of sp³-hybridized carbons (Fsp3) is 0.514. The van der Waals surface area contributed by atoms with Crippen molar-refractivity contribution >= 4 is 17.9 Å². The minimum Gasteiger partial charge on any atom is -0.487 e. The number of amides is 3. The second kappa shape index (κ2) is 15.1. The van der Waals surface area contributed by atoms with Crippen LogP contribution in [0.1, 0.15) is 57.2 Å². The molecule has 0 bridgehead atoms. The molecule has 2 fully saturated rings. The van der Waals surface area contributed by atoms with E-state index in [9.17, 15) is 18.8 Å². The van der Waals surface area contributed by atoms with Gasteiger partial charge >= 0.3 is 6.09 Å². The van der Waals surface area contributed by atoms with Gasteiger partial charge in [0.05, 0.1) is 30.9 Å². The summed E-state index contributed by atoms with van der Waals surface area (Å²) in [5.41, 5.74) is 0.440. The van der Waals surface area contributed by atoms with Gasteiger partial charge in [0.15, 0.2) is 5.69 Å². The van der Waals surface area contributed by atoms with Crippen molar-refractivity contribution in [3.63, 3.8) is 0 Å². The van der Waals surface area contributed by atoms with Crippen LogP contribution in [0.3, 0.4) is 0 Å². The average molecular weight is 665 g/mol. The summed E-state index contributed by atoms with van der Waals surface area (Å²) >= 11 is 0. The first-order chi connectivity index (χ1) is 22.9. The van der Waals surface area contributed by atoms with Crippen molar-refractivity contribution in [1.82, 2.24) is 29.7 Å². The Kier molecular flexibility index (Phi) is 11.0. The summed E-state index contributed by atoms with van der Waals surface area (Å²) < 4.78 is 32.3. The molecular weight excluding hydrogens is 619 g/mol. The zero-order valence-corrected chi connectivity index (χ0v) is 28.3. The van der Waals surface area contributed by atoms with Crippen LogP contribution in [0.15, 0.2) is 54.6 Å². The molecule has 0 N–H and O–H groups in total. The fourth-order valence-electron chi connectivity index (χ4n) is 5.98. The lowest BCUT2D eigenvalue weighted by Gasteiger charge is -2.44. The maximum absolute atomic E-state index is 14.6. The molecule has 5 rings (SSSR count). The normalized spacial score (nSPS) is 18.5. The number of piperidine rings is 1. The number of halogens is 1. The summed E-state index contributed by atoms with van der Waals surface area (Å²) in [5, 5.41) is 8.71. The molecular formula is C35H45FN6O6. The van der Waals surface area contributed by atoms with Crippen LogP contribution in [-0.2, 0) is 20.9 Å². The number of benzene rings is 2. The molecule has 3 aromatic rings. The van der Waals surface area contributed by atoms with Crippen molar-refractivity contribution in [3.8, 4) is 11.4 Å². The highest BCUT2D eigenvalue weighted by atomic mass is 19.1. The largest absolute Gasteiger partial charge is 0.487 e. The molecule has 1 aromatic heterocycles. The third-order valence-electron chi connectivity index (χ3n) is 8.17. The number of carbonyl (C=O) groups excluding carboxylic acids is 3. The summed E-state index contributed by atoms with van der Waals surface area (Å²) in [5.74, 6) is -0.925. The van der Waals surface area contributed by atoms with Crippen molar-refractivity contribution in [2.45, 2.75) is 59.3 Å². The Balaban J connectivity index is 1.49. The lowest BCUT2D eigenvalue weighted by Crippen LogP contribution is -2.58. The number of carbonyl (C=O) groups is 3. The quantitative estimate of drug-likeness (QED) is 0.327. The van der Waals surface area contributed by atoms with Crippen LogP contribution in [0.4, 0.5) is 9.18 Å². The van der Waals surface area contributed by atoms with Gasteiger partial charge < -0.3 is 28.9 Å². The standard InChI is InChI=1S/C35H45FN6O6/c1-24(2)20-41(28-19-25(32(43)39-15-17-46-18-16-39)21-40(22-28)34(45)48-35(3,4)5)33(44)31-30(23-47-29-13-11-26(36)12-14-29)42(38-37-31)27-9-7-6-8-10-27/h6-14,24-25,28H,15-23H2,1-5H3/t25-,28+/m1/s1. The molecule has 0 radical (unpaired) electrons. The van der Waals surface area contributed by atoms with Crippen molar-refractivity contribution in [1.29, 1.82) is 0 Å². The molecule has 2 aliphatic rings. The van der Waals surface area contributed by atoms with Crippen LogP contribution in [0.2, 0.25) is 0 Å². The van der Waals surface area contributed by atoms with E-state index in [4.69, 9.17) is 14.2 Å². The lowest BCUT2D eigenvalue weighted by molar-refractivity contribution is -0.142. The third-order valence-corrected chi connectivity index (χ3v) is 8.17. The fourth-order valence-corrected chi connectivity index (χ4v) is 5.98. The van der Waals surface area contributed by atoms with Gasteiger partial charge in [0, 0.05) is 32.7 Å². The van der Waals surface area contributed by atoms with E-state index < -0.39 is 35.4 Å². The SMILES string of the molecule is CC(C)CN(C(=O)c1nnn(-c2ccccc2)c1COc1ccc(F)cc1)[C@H]1C[C@@H](C(=O)N2CCOCC2)CN(C(=O)OC(C)(C)C)C1. The maximum Gasteiger partial charge on any atom is 0.410 e. The predicted octanol–water partition coefficient (Wildman–Crippen LogP) is 4.57. The van der Waals surface area contributed by atoms with Gasteiger partial charge in [0.1, 0.15) is 29.5 Å². The number of ether oxygens (including phenoxy) is 3. The Morgan fingerprint density at radius 2 is 1.69 bits per heavy atom. The maximum atomic E-state index is 14.6. The number of likely N-dealkylation sites (tertiary alicyclic amines) is 1. The molecule has 3 amide bonds. The van der Waals surface area contributed by atoms with E-state index in [1.165, 1.54) is 24.3 Å². The average Bonchev–Trinajstić information content (AvgIpc) is 3.50. The van der Waals surface area contributed by atoms with Crippen LogP contribution < -0.4 is 4.74 Å². The van der Waals surface area contributed by atoms with Gasteiger partial charge in [-0.15, -0.1) is 5.10 Å². The summed E-state index contributed by atoms with van der Waals surface area (Å²) in [4.78, 5) is 46.9. The van der Waals surface area contributed by atoms with Crippen LogP contribution in [0.25, 0.3) is 5.69 Å². The van der Waals surface area contributed by atoms with Crippen molar-refractivity contribution in [2.75, 3.05) is 45.9 Å². The van der Waals surface area contributed by atoms with E-state index in [0.717, 1.165) is 0 Å². The van der Waals surface area contributed by atoms with Gasteiger partial charge in [-0.25, -0.2) is 13.9 Å². The number of nitrogens with zero attached hydrogens (tertiary/aromatic N) is 6. The highest BCUT2D eigenvalue weighted by molar-refractivity contribution is 5.94.